The molecule has 3 rings (SSSR count). The highest BCUT2D eigenvalue weighted by Gasteiger charge is 2.27. The summed E-state index contributed by atoms with van der Waals surface area (Å²) in [6, 6.07) is 3.71. The zero-order valence-electron chi connectivity index (χ0n) is 14.0. The van der Waals surface area contributed by atoms with Gasteiger partial charge in [-0.2, -0.15) is 5.10 Å². The van der Waals surface area contributed by atoms with Crippen molar-refractivity contribution in [3.8, 4) is 11.6 Å². The van der Waals surface area contributed by atoms with Crippen LogP contribution in [-0.4, -0.2) is 26.7 Å². The van der Waals surface area contributed by atoms with Gasteiger partial charge in [0, 0.05) is 25.2 Å². The second-order valence-electron chi connectivity index (χ2n) is 6.29. The number of pyridine rings is 1. The maximum absolute atomic E-state index is 12.6. The molecule has 24 heavy (non-hydrogen) atoms. The summed E-state index contributed by atoms with van der Waals surface area (Å²) in [5.74, 6) is 1.02. The molecule has 2 aromatic rings. The average Bonchev–Trinajstić information content (AvgIpc) is 2.83. The van der Waals surface area contributed by atoms with Gasteiger partial charge in [-0.05, 0) is 38.3 Å². The summed E-state index contributed by atoms with van der Waals surface area (Å²) < 4.78 is 7.48. The van der Waals surface area contributed by atoms with E-state index >= 15 is 0 Å². The Kier molecular flexibility index (Phi) is 4.80. The van der Waals surface area contributed by atoms with E-state index in [9.17, 15) is 4.79 Å². The van der Waals surface area contributed by atoms with Gasteiger partial charge in [-0.15, -0.1) is 0 Å². The number of nitrogens with one attached hydrogen (secondary N) is 1. The molecule has 0 bridgehead atoms. The molecular weight excluding hydrogens is 306 g/mol. The summed E-state index contributed by atoms with van der Waals surface area (Å²) in [7, 11) is 1.78. The molecule has 0 aliphatic heterocycles. The first-order chi connectivity index (χ1) is 11.5. The van der Waals surface area contributed by atoms with Gasteiger partial charge < -0.3 is 15.8 Å². The van der Waals surface area contributed by atoms with E-state index in [2.05, 4.69) is 15.4 Å². The fourth-order valence-corrected chi connectivity index (χ4v) is 3.11. The molecule has 1 aliphatic carbocycles. The molecule has 2 heterocycles. The van der Waals surface area contributed by atoms with E-state index in [0.717, 1.165) is 25.7 Å². The molecule has 128 valence electrons. The topological polar surface area (TPSA) is 95.1 Å². The Hall–Kier alpha value is -2.41. The number of amides is 1. The summed E-state index contributed by atoms with van der Waals surface area (Å²) >= 11 is 0. The summed E-state index contributed by atoms with van der Waals surface area (Å²) in [6.07, 6.45) is 6.88. The number of hydrogen-bond acceptors (Lipinski definition) is 5. The van der Waals surface area contributed by atoms with Crippen LogP contribution in [0.2, 0.25) is 0 Å². The van der Waals surface area contributed by atoms with Crippen LogP contribution < -0.4 is 15.8 Å². The molecule has 0 unspecified atom stereocenters. The summed E-state index contributed by atoms with van der Waals surface area (Å²) in [6.45, 7) is 1.85. The van der Waals surface area contributed by atoms with Crippen LogP contribution in [0.3, 0.4) is 0 Å². The number of carbonyl (C=O) groups is 1. The van der Waals surface area contributed by atoms with Crippen LogP contribution in [0, 0.1) is 12.8 Å². The van der Waals surface area contributed by atoms with Gasteiger partial charge in [0.2, 0.25) is 11.8 Å². The number of carbonyl (C=O) groups excluding carboxylic acids is 1. The molecule has 7 nitrogen and oxygen atoms in total. The van der Waals surface area contributed by atoms with Crippen molar-refractivity contribution in [1.29, 1.82) is 0 Å². The van der Waals surface area contributed by atoms with Crippen LogP contribution in [-0.2, 0) is 11.8 Å². The number of ether oxygens (including phenoxy) is 1. The maximum atomic E-state index is 12.6. The highest BCUT2D eigenvalue weighted by atomic mass is 16.5. The molecular formula is C17H23N5O2. The van der Waals surface area contributed by atoms with E-state index in [1.165, 1.54) is 0 Å². The van der Waals surface area contributed by atoms with Gasteiger partial charge in [0.05, 0.1) is 11.9 Å². The Morgan fingerprint density at radius 3 is 3.00 bits per heavy atom. The summed E-state index contributed by atoms with van der Waals surface area (Å²) in [4.78, 5) is 16.6. The molecule has 2 atom stereocenters. The van der Waals surface area contributed by atoms with Crippen LogP contribution >= 0.6 is 0 Å². The molecule has 1 aliphatic rings. The highest BCUT2D eigenvalue weighted by Crippen LogP contribution is 2.33. The van der Waals surface area contributed by atoms with E-state index in [1.54, 1.807) is 36.3 Å². The Balaban J connectivity index is 1.79. The highest BCUT2D eigenvalue weighted by molar-refractivity contribution is 5.94. The van der Waals surface area contributed by atoms with Crippen LogP contribution in [0.25, 0.3) is 0 Å². The number of hydrogen-bond donors (Lipinski definition) is 2. The lowest BCUT2D eigenvalue weighted by atomic mass is 9.85. The number of nitrogens with zero attached hydrogens (tertiary/aromatic N) is 3. The van der Waals surface area contributed by atoms with Crippen LogP contribution in [0.1, 0.15) is 31.4 Å². The third-order valence-corrected chi connectivity index (χ3v) is 4.35. The predicted molar refractivity (Wildman–Crippen MR) is 90.8 cm³/mol. The standard InChI is InChI=1S/C17H23N5O2/c1-11-15(20-16(23)12-5-3-6-13(18)9-12)17(22(2)21-11)24-14-7-4-8-19-10-14/h4,7-8,10,12-13H,3,5-6,9,18H2,1-2H3,(H,20,23)/t12-,13+/m0/s1. The first-order valence-electron chi connectivity index (χ1n) is 8.22. The van der Waals surface area contributed by atoms with Crippen molar-refractivity contribution >= 4 is 11.6 Å². The van der Waals surface area contributed by atoms with Crippen molar-refractivity contribution in [1.82, 2.24) is 14.8 Å². The second-order valence-corrected chi connectivity index (χ2v) is 6.29. The normalized spacial score (nSPS) is 20.6. The van der Waals surface area contributed by atoms with Crippen molar-refractivity contribution in [3.05, 3.63) is 30.2 Å². The third kappa shape index (κ3) is 3.56. The minimum Gasteiger partial charge on any atom is -0.436 e. The smallest absolute Gasteiger partial charge is 0.241 e. The van der Waals surface area contributed by atoms with Crippen molar-refractivity contribution in [2.75, 3.05) is 5.32 Å². The summed E-state index contributed by atoms with van der Waals surface area (Å²) in [5, 5.41) is 7.34. The minimum absolute atomic E-state index is 0.0164. The van der Waals surface area contributed by atoms with Crippen LogP contribution in [0.4, 0.5) is 5.69 Å². The third-order valence-electron chi connectivity index (χ3n) is 4.35. The lowest BCUT2D eigenvalue weighted by molar-refractivity contribution is -0.120. The van der Waals surface area contributed by atoms with Crippen molar-refractivity contribution in [2.45, 2.75) is 38.6 Å². The molecule has 0 radical (unpaired) electrons. The van der Waals surface area contributed by atoms with E-state index in [1.807, 2.05) is 6.92 Å². The Labute approximate surface area is 141 Å². The lowest BCUT2D eigenvalue weighted by Crippen LogP contribution is -2.34. The molecule has 0 spiro atoms. The van der Waals surface area contributed by atoms with Crippen molar-refractivity contribution in [3.63, 3.8) is 0 Å². The fourth-order valence-electron chi connectivity index (χ4n) is 3.11. The van der Waals surface area contributed by atoms with Gasteiger partial charge in [-0.3, -0.25) is 9.78 Å². The van der Waals surface area contributed by atoms with E-state index in [-0.39, 0.29) is 17.9 Å². The first-order valence-corrected chi connectivity index (χ1v) is 8.22. The van der Waals surface area contributed by atoms with Crippen molar-refractivity contribution in [2.24, 2.45) is 18.7 Å². The first kappa shape index (κ1) is 16.4. The van der Waals surface area contributed by atoms with E-state index in [4.69, 9.17) is 10.5 Å². The van der Waals surface area contributed by atoms with Gasteiger partial charge in [0.25, 0.3) is 0 Å². The molecule has 1 amide bonds. The minimum atomic E-state index is -0.0559. The number of nitrogens with two attached hydrogens (primary N) is 1. The molecule has 1 saturated carbocycles. The van der Waals surface area contributed by atoms with Crippen LogP contribution in [0.5, 0.6) is 11.6 Å². The van der Waals surface area contributed by atoms with Gasteiger partial charge in [-0.1, -0.05) is 6.42 Å². The number of anilines is 1. The average molecular weight is 329 g/mol. The number of aryl methyl sites for hydroxylation is 2. The predicted octanol–water partition coefficient (Wildman–Crippen LogP) is 2.37. The number of rotatable bonds is 4. The molecule has 0 aromatic carbocycles. The zero-order valence-corrected chi connectivity index (χ0v) is 14.0. The SMILES string of the molecule is Cc1nn(C)c(Oc2cccnc2)c1NC(=O)[C@H]1CCC[C@@H](N)C1. The van der Waals surface area contributed by atoms with Gasteiger partial charge >= 0.3 is 0 Å². The van der Waals surface area contributed by atoms with Crippen LogP contribution in [0.15, 0.2) is 24.5 Å². The molecule has 7 heteroatoms. The maximum Gasteiger partial charge on any atom is 0.241 e. The second kappa shape index (κ2) is 7.00. The molecule has 1 fully saturated rings. The fraction of sp³-hybridized carbons (Fsp3) is 0.471. The summed E-state index contributed by atoms with van der Waals surface area (Å²) in [5.41, 5.74) is 7.31. The van der Waals surface area contributed by atoms with Gasteiger partial charge in [0.15, 0.2) is 0 Å². The van der Waals surface area contributed by atoms with Gasteiger partial charge in [0.1, 0.15) is 11.4 Å². The Morgan fingerprint density at radius 2 is 2.29 bits per heavy atom. The van der Waals surface area contributed by atoms with E-state index in [0.29, 0.717) is 23.0 Å². The van der Waals surface area contributed by atoms with E-state index < -0.39 is 0 Å². The van der Waals surface area contributed by atoms with Gasteiger partial charge in [-0.25, -0.2) is 4.68 Å². The molecule has 0 saturated heterocycles. The monoisotopic (exact) mass is 329 g/mol. The Morgan fingerprint density at radius 1 is 1.46 bits per heavy atom. The Bertz CT molecular complexity index is 713. The number of aromatic nitrogens is 3. The quantitative estimate of drug-likeness (QED) is 0.898. The molecule has 2 aromatic heterocycles. The van der Waals surface area contributed by atoms with Crippen molar-refractivity contribution < 1.29 is 9.53 Å². The zero-order chi connectivity index (χ0) is 17.1. The lowest BCUT2D eigenvalue weighted by Gasteiger charge is -2.25. The molecule has 3 N–H and O–H groups in total. The largest absolute Gasteiger partial charge is 0.436 e.